The monoisotopic (exact) mass is 402 g/mol. The van der Waals surface area contributed by atoms with E-state index >= 15 is 0 Å². The zero-order chi connectivity index (χ0) is 19.3. The summed E-state index contributed by atoms with van der Waals surface area (Å²) in [5, 5.41) is 2.00. The van der Waals surface area contributed by atoms with Crippen molar-refractivity contribution in [3.8, 4) is 22.4 Å². The van der Waals surface area contributed by atoms with Gasteiger partial charge in [0.1, 0.15) is 0 Å². The Morgan fingerprint density at radius 2 is 1.32 bits per heavy atom. The fourth-order valence-electron chi connectivity index (χ4n) is 3.35. The van der Waals surface area contributed by atoms with Gasteiger partial charge in [0.25, 0.3) is 0 Å². The molecule has 0 spiro atoms. The fraction of sp³-hybridized carbons (Fsp3) is 0.0800. The minimum Gasteiger partial charge on any atom is -0.182 e. The van der Waals surface area contributed by atoms with Gasteiger partial charge in [0.05, 0.1) is 0 Å². The number of hydrogen-bond acceptors (Lipinski definition) is 1. The summed E-state index contributed by atoms with van der Waals surface area (Å²) in [5.74, 6) is 0. The molecule has 0 aliphatic heterocycles. The zero-order valence-corrected chi connectivity index (χ0v) is 17.3. The average Bonchev–Trinajstić information content (AvgIpc) is 2.76. The molecule has 4 rings (SSSR count). The van der Waals surface area contributed by atoms with E-state index in [1.54, 1.807) is 11.8 Å². The van der Waals surface area contributed by atoms with Crippen LogP contribution in [0.25, 0.3) is 22.4 Å². The molecule has 0 bridgehead atoms. The van der Waals surface area contributed by atoms with Crippen molar-refractivity contribution in [1.29, 1.82) is 0 Å². The van der Waals surface area contributed by atoms with E-state index in [0.717, 1.165) is 11.6 Å². The zero-order valence-electron chi connectivity index (χ0n) is 15.7. The molecule has 0 fully saturated rings. The van der Waals surface area contributed by atoms with E-state index in [1.807, 2.05) is 12.1 Å². The predicted molar refractivity (Wildman–Crippen MR) is 120 cm³/mol. The molecule has 1 nitrogen and oxygen atoms in total. The van der Waals surface area contributed by atoms with Gasteiger partial charge in [0.2, 0.25) is 10.7 Å². The summed E-state index contributed by atoms with van der Waals surface area (Å²) >= 11 is 7.85. The highest BCUT2D eigenvalue weighted by atomic mass is 35.5. The Hall–Kier alpha value is -2.55. The molecule has 28 heavy (non-hydrogen) atoms. The third-order valence-electron chi connectivity index (χ3n) is 4.77. The van der Waals surface area contributed by atoms with Crippen LogP contribution in [0.15, 0.2) is 102 Å². The molecule has 0 radical (unpaired) electrons. The molecule has 0 N–H and O–H groups in total. The molecule has 1 aromatic heterocycles. The first kappa shape index (κ1) is 18.8. The van der Waals surface area contributed by atoms with Crippen molar-refractivity contribution in [2.75, 3.05) is 6.26 Å². The van der Waals surface area contributed by atoms with Crippen LogP contribution in [0.5, 0.6) is 0 Å². The van der Waals surface area contributed by atoms with Gasteiger partial charge >= 0.3 is 0 Å². The lowest BCUT2D eigenvalue weighted by Gasteiger charge is -2.11. The molecule has 0 saturated carbocycles. The Bertz CT molecular complexity index is 1060. The van der Waals surface area contributed by atoms with Gasteiger partial charge < -0.3 is 0 Å². The number of thioether (sulfide) groups is 1. The molecule has 3 aromatic carbocycles. The van der Waals surface area contributed by atoms with E-state index in [1.165, 1.54) is 33.0 Å². The van der Waals surface area contributed by atoms with Gasteiger partial charge in [-0.05, 0) is 41.6 Å². The van der Waals surface area contributed by atoms with E-state index in [9.17, 15) is 0 Å². The highest BCUT2D eigenvalue weighted by Gasteiger charge is 2.21. The van der Waals surface area contributed by atoms with Crippen LogP contribution in [0, 0.1) is 0 Å². The molecule has 0 aliphatic carbocycles. The van der Waals surface area contributed by atoms with Gasteiger partial charge in [-0.2, -0.15) is 4.57 Å². The lowest BCUT2D eigenvalue weighted by Crippen LogP contribution is -2.39. The van der Waals surface area contributed by atoms with Crippen molar-refractivity contribution in [2.24, 2.45) is 0 Å². The van der Waals surface area contributed by atoms with Crippen LogP contribution >= 0.6 is 23.4 Å². The average molecular weight is 403 g/mol. The van der Waals surface area contributed by atoms with Crippen molar-refractivity contribution < 1.29 is 4.57 Å². The quantitative estimate of drug-likeness (QED) is 0.264. The molecule has 3 heteroatoms. The van der Waals surface area contributed by atoms with Crippen molar-refractivity contribution in [2.45, 2.75) is 11.6 Å². The molecule has 0 aliphatic rings. The van der Waals surface area contributed by atoms with Gasteiger partial charge in [0.15, 0.2) is 6.54 Å². The molecular weight excluding hydrogens is 382 g/mol. The smallest absolute Gasteiger partial charge is 0.182 e. The highest BCUT2D eigenvalue weighted by Crippen LogP contribution is 2.28. The lowest BCUT2D eigenvalue weighted by molar-refractivity contribution is -0.714. The molecule has 138 valence electrons. The number of nitrogens with zero attached hydrogens (tertiary/aromatic N) is 1. The molecule has 0 atom stereocenters. The van der Waals surface area contributed by atoms with E-state index < -0.39 is 0 Å². The van der Waals surface area contributed by atoms with Crippen LogP contribution in [0.4, 0.5) is 0 Å². The highest BCUT2D eigenvalue weighted by molar-refractivity contribution is 7.98. The summed E-state index contributed by atoms with van der Waals surface area (Å²) in [7, 11) is 0. The minimum atomic E-state index is 0.765. The first-order valence-corrected chi connectivity index (χ1v) is 10.8. The lowest BCUT2D eigenvalue weighted by atomic mass is 10.0. The molecule has 0 saturated heterocycles. The summed E-state index contributed by atoms with van der Waals surface area (Å²) in [4.78, 5) is 0. The molecule has 4 aromatic rings. The second-order valence-corrected chi connectivity index (χ2v) is 7.88. The van der Waals surface area contributed by atoms with Gasteiger partial charge in [0, 0.05) is 28.3 Å². The number of benzene rings is 3. The largest absolute Gasteiger partial charge is 0.241 e. The first-order valence-electron chi connectivity index (χ1n) is 9.22. The Morgan fingerprint density at radius 3 is 1.93 bits per heavy atom. The maximum atomic E-state index is 6.08. The Balaban J connectivity index is 1.89. The van der Waals surface area contributed by atoms with E-state index in [-0.39, 0.29) is 0 Å². The second-order valence-electron chi connectivity index (χ2n) is 6.62. The molecule has 0 unspecified atom stereocenters. The van der Waals surface area contributed by atoms with Crippen LogP contribution in [-0.4, -0.2) is 6.26 Å². The maximum Gasteiger partial charge on any atom is 0.241 e. The van der Waals surface area contributed by atoms with Crippen LogP contribution < -0.4 is 4.57 Å². The molecular formula is C25H21ClNS+. The van der Waals surface area contributed by atoms with Crippen LogP contribution in [0.2, 0.25) is 5.02 Å². The Morgan fingerprint density at radius 1 is 0.714 bits per heavy atom. The number of halogens is 1. The summed E-state index contributed by atoms with van der Waals surface area (Å²) in [5.41, 5.74) is 6.12. The van der Waals surface area contributed by atoms with Gasteiger partial charge in [-0.25, -0.2) is 0 Å². The standard InChI is InChI=1S/C25H21ClNS/c1-28-25-17-22(20-8-4-2-5-9-20)16-24(21-10-6-3-7-11-21)27(25)18-19-12-14-23(26)15-13-19/h2-17H,18H2,1H3/q+1. The van der Waals surface area contributed by atoms with Crippen molar-refractivity contribution >= 4 is 23.4 Å². The normalized spacial score (nSPS) is 10.8. The van der Waals surface area contributed by atoms with E-state index in [4.69, 9.17) is 11.6 Å². The Kier molecular flexibility index (Phi) is 5.80. The van der Waals surface area contributed by atoms with Gasteiger partial charge in [-0.15, -0.1) is 0 Å². The number of rotatable bonds is 5. The van der Waals surface area contributed by atoms with Crippen LogP contribution in [0.1, 0.15) is 5.56 Å². The SMILES string of the molecule is CSc1cc(-c2ccccc2)cc(-c2ccccc2)[n+]1Cc1ccc(Cl)cc1. The van der Waals surface area contributed by atoms with E-state index in [0.29, 0.717) is 0 Å². The molecule has 0 amide bonds. The van der Waals surface area contributed by atoms with Crippen molar-refractivity contribution in [3.63, 3.8) is 0 Å². The van der Waals surface area contributed by atoms with E-state index in [2.05, 4.69) is 95.8 Å². The fourth-order valence-corrected chi connectivity index (χ4v) is 4.10. The maximum absolute atomic E-state index is 6.08. The summed E-state index contributed by atoms with van der Waals surface area (Å²) < 4.78 is 2.38. The topological polar surface area (TPSA) is 3.88 Å². The third-order valence-corrected chi connectivity index (χ3v) is 5.78. The van der Waals surface area contributed by atoms with Gasteiger partial charge in [-0.3, -0.25) is 0 Å². The summed E-state index contributed by atoms with van der Waals surface area (Å²) in [6.45, 7) is 0.798. The molecule has 1 heterocycles. The van der Waals surface area contributed by atoms with Gasteiger partial charge in [-0.1, -0.05) is 84.0 Å². The minimum absolute atomic E-state index is 0.765. The third kappa shape index (κ3) is 4.14. The van der Waals surface area contributed by atoms with Crippen LogP contribution in [-0.2, 0) is 6.54 Å². The Labute approximate surface area is 175 Å². The summed E-state index contributed by atoms with van der Waals surface area (Å²) in [6, 6.07) is 33.8. The number of hydrogen-bond donors (Lipinski definition) is 0. The van der Waals surface area contributed by atoms with Crippen molar-refractivity contribution in [3.05, 3.63) is 108 Å². The predicted octanol–water partition coefficient (Wildman–Crippen LogP) is 6.73. The van der Waals surface area contributed by atoms with Crippen LogP contribution in [0.3, 0.4) is 0 Å². The number of pyridine rings is 1. The second kappa shape index (κ2) is 8.64. The number of aromatic nitrogens is 1. The first-order chi connectivity index (χ1) is 13.7. The summed E-state index contributed by atoms with van der Waals surface area (Å²) in [6.07, 6.45) is 2.14. The van der Waals surface area contributed by atoms with Crippen molar-refractivity contribution in [1.82, 2.24) is 0 Å².